The topological polar surface area (TPSA) is 20.3 Å². The number of benzene rings is 1. The van der Waals surface area contributed by atoms with Crippen LogP contribution in [0.3, 0.4) is 0 Å². The minimum absolute atomic E-state index is 0.0741. The van der Waals surface area contributed by atoms with Gasteiger partial charge in [0.05, 0.1) is 6.04 Å². The Morgan fingerprint density at radius 1 is 1.33 bits per heavy atom. The third kappa shape index (κ3) is 2.46. The lowest BCUT2D eigenvalue weighted by molar-refractivity contribution is 0.0721. The van der Waals surface area contributed by atoms with Crippen LogP contribution in [0.2, 0.25) is 0 Å². The number of nitrogens with zero attached hydrogens (tertiary/aromatic N) is 1. The maximum atomic E-state index is 12.9. The second-order valence-corrected chi connectivity index (χ2v) is 5.66. The van der Waals surface area contributed by atoms with Crippen molar-refractivity contribution in [3.8, 4) is 0 Å². The first-order valence-corrected chi connectivity index (χ1v) is 6.48. The van der Waals surface area contributed by atoms with Crippen molar-refractivity contribution in [2.75, 3.05) is 6.54 Å². The lowest BCUT2D eigenvalue weighted by Crippen LogP contribution is -2.47. The van der Waals surface area contributed by atoms with Crippen LogP contribution in [0, 0.1) is 5.82 Å². The molecule has 0 saturated carbocycles. The van der Waals surface area contributed by atoms with Crippen molar-refractivity contribution in [2.45, 2.75) is 45.2 Å². The van der Waals surface area contributed by atoms with Gasteiger partial charge in [-0.1, -0.05) is 0 Å². The summed E-state index contributed by atoms with van der Waals surface area (Å²) >= 11 is 0. The highest BCUT2D eigenvalue weighted by Gasteiger charge is 2.37. The van der Waals surface area contributed by atoms with E-state index in [9.17, 15) is 9.18 Å². The van der Waals surface area contributed by atoms with Gasteiger partial charge in [0, 0.05) is 11.1 Å². The molecule has 0 bridgehead atoms. The van der Waals surface area contributed by atoms with Crippen molar-refractivity contribution < 1.29 is 9.18 Å². The van der Waals surface area contributed by atoms with Crippen LogP contribution in [-0.4, -0.2) is 28.8 Å². The van der Waals surface area contributed by atoms with Gasteiger partial charge in [-0.2, -0.15) is 0 Å². The molecule has 3 heteroatoms. The van der Waals surface area contributed by atoms with Crippen LogP contribution in [0.4, 0.5) is 4.39 Å². The van der Waals surface area contributed by atoms with Gasteiger partial charge < -0.3 is 0 Å². The minimum Gasteiger partial charge on any atom is -0.292 e. The van der Waals surface area contributed by atoms with E-state index in [-0.39, 0.29) is 23.2 Å². The smallest absolute Gasteiger partial charge is 0.179 e. The second kappa shape index (κ2) is 4.81. The molecule has 1 aromatic rings. The highest BCUT2D eigenvalue weighted by atomic mass is 19.1. The molecule has 1 atom stereocenters. The largest absolute Gasteiger partial charge is 0.292 e. The Kier molecular flexibility index (Phi) is 3.53. The van der Waals surface area contributed by atoms with Crippen LogP contribution in [0.5, 0.6) is 0 Å². The lowest BCUT2D eigenvalue weighted by atomic mass is 9.97. The van der Waals surface area contributed by atoms with Gasteiger partial charge in [-0.15, -0.1) is 0 Å². The van der Waals surface area contributed by atoms with Crippen molar-refractivity contribution in [1.82, 2.24) is 4.90 Å². The molecule has 0 aliphatic carbocycles. The van der Waals surface area contributed by atoms with Gasteiger partial charge in [-0.05, 0) is 64.4 Å². The first-order valence-electron chi connectivity index (χ1n) is 6.48. The molecule has 1 unspecified atom stereocenters. The summed E-state index contributed by atoms with van der Waals surface area (Å²) in [6.45, 7) is 7.25. The Bertz CT molecular complexity index is 438. The van der Waals surface area contributed by atoms with Crippen molar-refractivity contribution in [3.63, 3.8) is 0 Å². The summed E-state index contributed by atoms with van der Waals surface area (Å²) in [5.74, 6) is -0.231. The van der Waals surface area contributed by atoms with Crippen molar-refractivity contribution in [1.29, 1.82) is 0 Å². The summed E-state index contributed by atoms with van der Waals surface area (Å²) < 4.78 is 12.9. The summed E-state index contributed by atoms with van der Waals surface area (Å²) in [7, 11) is 0. The summed E-state index contributed by atoms with van der Waals surface area (Å²) in [4.78, 5) is 14.6. The Morgan fingerprint density at radius 3 is 2.44 bits per heavy atom. The zero-order chi connectivity index (χ0) is 13.3. The summed E-state index contributed by atoms with van der Waals surface area (Å²) in [5, 5.41) is 0. The molecule has 0 radical (unpaired) electrons. The SMILES string of the molecule is CC(C(=O)c1ccc(F)cc1)N1CCCC1(C)C. The summed E-state index contributed by atoms with van der Waals surface area (Å²) in [6, 6.07) is 5.67. The van der Waals surface area contributed by atoms with E-state index < -0.39 is 0 Å². The molecule has 1 heterocycles. The van der Waals surface area contributed by atoms with Crippen LogP contribution >= 0.6 is 0 Å². The molecule has 0 aromatic heterocycles. The van der Waals surface area contributed by atoms with E-state index in [2.05, 4.69) is 18.7 Å². The van der Waals surface area contributed by atoms with Gasteiger partial charge in [-0.25, -0.2) is 4.39 Å². The Hall–Kier alpha value is -1.22. The number of carbonyl (C=O) groups is 1. The van der Waals surface area contributed by atoms with Crippen LogP contribution in [0.1, 0.15) is 44.0 Å². The van der Waals surface area contributed by atoms with Gasteiger partial charge in [-0.3, -0.25) is 9.69 Å². The average Bonchev–Trinajstić information content (AvgIpc) is 2.68. The van der Waals surface area contributed by atoms with Gasteiger partial charge in [0.2, 0.25) is 0 Å². The predicted molar refractivity (Wildman–Crippen MR) is 70.2 cm³/mol. The van der Waals surface area contributed by atoms with Crippen molar-refractivity contribution in [3.05, 3.63) is 35.6 Å². The number of rotatable bonds is 3. The number of hydrogen-bond donors (Lipinski definition) is 0. The predicted octanol–water partition coefficient (Wildman–Crippen LogP) is 3.27. The van der Waals surface area contributed by atoms with E-state index in [1.54, 1.807) is 12.1 Å². The Labute approximate surface area is 108 Å². The Balaban J connectivity index is 2.16. The molecule has 2 rings (SSSR count). The van der Waals surface area contributed by atoms with Gasteiger partial charge in [0.25, 0.3) is 0 Å². The minimum atomic E-state index is -0.305. The molecule has 0 spiro atoms. The molecule has 1 fully saturated rings. The normalized spacial score (nSPS) is 20.9. The zero-order valence-electron chi connectivity index (χ0n) is 11.2. The van der Waals surface area contributed by atoms with E-state index >= 15 is 0 Å². The van der Waals surface area contributed by atoms with Crippen LogP contribution < -0.4 is 0 Å². The molecule has 1 aliphatic heterocycles. The molecule has 0 amide bonds. The third-order valence-corrected chi connectivity index (χ3v) is 3.94. The second-order valence-electron chi connectivity index (χ2n) is 5.66. The number of halogens is 1. The first-order chi connectivity index (χ1) is 8.42. The van der Waals surface area contributed by atoms with E-state index in [4.69, 9.17) is 0 Å². The van der Waals surface area contributed by atoms with Crippen molar-refractivity contribution in [2.24, 2.45) is 0 Å². The van der Waals surface area contributed by atoms with E-state index in [0.717, 1.165) is 19.4 Å². The maximum Gasteiger partial charge on any atom is 0.179 e. The van der Waals surface area contributed by atoms with Crippen LogP contribution in [-0.2, 0) is 0 Å². The van der Waals surface area contributed by atoms with Gasteiger partial charge >= 0.3 is 0 Å². The fourth-order valence-corrected chi connectivity index (χ4v) is 2.84. The molecule has 1 aliphatic rings. The molecule has 1 aromatic carbocycles. The molecular formula is C15H20FNO. The van der Waals surface area contributed by atoms with E-state index in [1.807, 2.05) is 6.92 Å². The molecule has 18 heavy (non-hydrogen) atoms. The molecular weight excluding hydrogens is 229 g/mol. The monoisotopic (exact) mass is 249 g/mol. The number of ketones is 1. The van der Waals surface area contributed by atoms with Crippen molar-refractivity contribution >= 4 is 5.78 Å². The number of likely N-dealkylation sites (tertiary alicyclic amines) is 1. The number of carbonyl (C=O) groups excluding carboxylic acids is 1. The summed E-state index contributed by atoms with van der Waals surface area (Å²) in [6.07, 6.45) is 2.25. The fourth-order valence-electron chi connectivity index (χ4n) is 2.84. The standard InChI is InChI=1S/C15H20FNO/c1-11(17-10-4-9-15(17,2)3)14(18)12-5-7-13(16)8-6-12/h5-8,11H,4,9-10H2,1-3H3. The molecule has 98 valence electrons. The number of hydrogen-bond acceptors (Lipinski definition) is 2. The quantitative estimate of drug-likeness (QED) is 0.766. The fraction of sp³-hybridized carbons (Fsp3) is 0.533. The summed E-state index contributed by atoms with van der Waals surface area (Å²) in [5.41, 5.74) is 0.668. The molecule has 2 nitrogen and oxygen atoms in total. The molecule has 0 N–H and O–H groups in total. The van der Waals surface area contributed by atoms with Crippen LogP contribution in [0.15, 0.2) is 24.3 Å². The zero-order valence-corrected chi connectivity index (χ0v) is 11.2. The van der Waals surface area contributed by atoms with Gasteiger partial charge in [0.15, 0.2) is 5.78 Å². The number of Topliss-reactive ketones (excluding diaryl/α,β-unsaturated/α-hetero) is 1. The third-order valence-electron chi connectivity index (χ3n) is 3.94. The molecule has 1 saturated heterocycles. The maximum absolute atomic E-state index is 12.9. The first kappa shape index (κ1) is 13.2. The van der Waals surface area contributed by atoms with E-state index in [0.29, 0.717) is 5.56 Å². The highest BCUT2D eigenvalue weighted by molar-refractivity contribution is 5.99. The highest BCUT2D eigenvalue weighted by Crippen LogP contribution is 2.31. The lowest BCUT2D eigenvalue weighted by Gasteiger charge is -2.35. The van der Waals surface area contributed by atoms with E-state index in [1.165, 1.54) is 12.1 Å². The average molecular weight is 249 g/mol. The van der Waals surface area contributed by atoms with Gasteiger partial charge in [0.1, 0.15) is 5.82 Å². The van der Waals surface area contributed by atoms with Crippen LogP contribution in [0.25, 0.3) is 0 Å². The Morgan fingerprint density at radius 2 is 1.94 bits per heavy atom.